The molecule has 0 spiro atoms. The van der Waals surface area contributed by atoms with Gasteiger partial charge in [-0.3, -0.25) is 14.7 Å². The Kier molecular flexibility index (Phi) is 5.82. The number of rotatable bonds is 6. The molecule has 0 amide bonds. The van der Waals surface area contributed by atoms with E-state index in [1.165, 1.54) is 18.6 Å². The van der Waals surface area contributed by atoms with E-state index in [2.05, 4.69) is 9.88 Å². The molecule has 1 aromatic rings. The van der Waals surface area contributed by atoms with Gasteiger partial charge in [0, 0.05) is 25.1 Å². The second-order valence-corrected chi connectivity index (χ2v) is 5.78. The van der Waals surface area contributed by atoms with Gasteiger partial charge in [0.05, 0.1) is 6.20 Å². The number of hydrogen-bond donors (Lipinski definition) is 1. The molecule has 1 aliphatic heterocycles. The maximum atomic E-state index is 12.9. The standard InChI is InChI=1S/C16H23FN2O2/c1-12(16(21)15-6-5-13(17)10-18-15)11-19-8-3-2-4-14(19)7-9-20/h5-6,10,12,14,20H,2-4,7-9,11H2,1H3. The van der Waals surface area contributed by atoms with Gasteiger partial charge in [-0.2, -0.15) is 0 Å². The Hall–Kier alpha value is -1.33. The summed E-state index contributed by atoms with van der Waals surface area (Å²) in [7, 11) is 0. The van der Waals surface area contributed by atoms with E-state index in [4.69, 9.17) is 5.11 Å². The smallest absolute Gasteiger partial charge is 0.185 e. The first kappa shape index (κ1) is 16.0. The monoisotopic (exact) mass is 294 g/mol. The summed E-state index contributed by atoms with van der Waals surface area (Å²) in [5.74, 6) is -0.663. The Morgan fingerprint density at radius 3 is 3.00 bits per heavy atom. The normalized spacial score (nSPS) is 21.2. The highest BCUT2D eigenvalue weighted by Gasteiger charge is 2.26. The van der Waals surface area contributed by atoms with Crippen LogP contribution in [0.3, 0.4) is 0 Å². The number of Topliss-reactive ketones (excluding diaryl/α,β-unsaturated/α-hetero) is 1. The molecule has 5 heteroatoms. The number of halogens is 1. The molecule has 21 heavy (non-hydrogen) atoms. The number of likely N-dealkylation sites (tertiary alicyclic amines) is 1. The first-order valence-corrected chi connectivity index (χ1v) is 7.62. The summed E-state index contributed by atoms with van der Waals surface area (Å²) in [5.41, 5.74) is 0.319. The van der Waals surface area contributed by atoms with Crippen LogP contribution in [0.4, 0.5) is 4.39 Å². The van der Waals surface area contributed by atoms with E-state index in [0.29, 0.717) is 18.3 Å². The molecule has 1 aliphatic rings. The molecular weight excluding hydrogens is 271 g/mol. The first-order valence-electron chi connectivity index (χ1n) is 7.62. The molecule has 2 rings (SSSR count). The Morgan fingerprint density at radius 1 is 1.52 bits per heavy atom. The van der Waals surface area contributed by atoms with Gasteiger partial charge in [0.15, 0.2) is 5.78 Å². The van der Waals surface area contributed by atoms with Crippen molar-refractivity contribution in [1.82, 2.24) is 9.88 Å². The van der Waals surface area contributed by atoms with Gasteiger partial charge >= 0.3 is 0 Å². The lowest BCUT2D eigenvalue weighted by Gasteiger charge is -2.36. The minimum atomic E-state index is -0.432. The summed E-state index contributed by atoms with van der Waals surface area (Å²) < 4.78 is 12.9. The Balaban J connectivity index is 1.97. The lowest BCUT2D eigenvalue weighted by Crippen LogP contribution is -2.43. The molecule has 0 bridgehead atoms. The van der Waals surface area contributed by atoms with Crippen LogP contribution in [-0.2, 0) is 0 Å². The van der Waals surface area contributed by atoms with E-state index in [-0.39, 0.29) is 18.3 Å². The summed E-state index contributed by atoms with van der Waals surface area (Å²) >= 11 is 0. The molecule has 1 N–H and O–H groups in total. The minimum absolute atomic E-state index is 0.0525. The third kappa shape index (κ3) is 4.32. The third-order valence-electron chi connectivity index (χ3n) is 4.15. The van der Waals surface area contributed by atoms with Crippen LogP contribution in [0.2, 0.25) is 0 Å². The number of hydrogen-bond acceptors (Lipinski definition) is 4. The summed E-state index contributed by atoms with van der Waals surface area (Å²) in [6, 6.07) is 3.07. The van der Waals surface area contributed by atoms with Crippen molar-refractivity contribution in [3.8, 4) is 0 Å². The van der Waals surface area contributed by atoms with E-state index in [9.17, 15) is 9.18 Å². The topological polar surface area (TPSA) is 53.4 Å². The number of nitrogens with zero attached hydrogens (tertiary/aromatic N) is 2. The summed E-state index contributed by atoms with van der Waals surface area (Å²) in [4.78, 5) is 18.5. The number of pyridine rings is 1. The molecule has 0 radical (unpaired) electrons. The average Bonchev–Trinajstić information content (AvgIpc) is 2.49. The molecule has 1 saturated heterocycles. The van der Waals surface area contributed by atoms with Crippen molar-refractivity contribution in [2.75, 3.05) is 19.7 Å². The maximum absolute atomic E-state index is 12.9. The number of ketones is 1. The quantitative estimate of drug-likeness (QED) is 0.818. The fourth-order valence-corrected chi connectivity index (χ4v) is 2.98. The Morgan fingerprint density at radius 2 is 2.33 bits per heavy atom. The number of carbonyl (C=O) groups is 1. The van der Waals surface area contributed by atoms with Crippen LogP contribution in [0, 0.1) is 11.7 Å². The molecule has 2 heterocycles. The molecule has 116 valence electrons. The van der Waals surface area contributed by atoms with Gasteiger partial charge in [0.25, 0.3) is 0 Å². The molecule has 0 aromatic carbocycles. The molecule has 4 nitrogen and oxygen atoms in total. The number of aliphatic hydroxyl groups is 1. The largest absolute Gasteiger partial charge is 0.396 e. The number of piperidine rings is 1. The predicted octanol–water partition coefficient (Wildman–Crippen LogP) is 2.28. The molecule has 0 aliphatic carbocycles. The fourth-order valence-electron chi connectivity index (χ4n) is 2.98. The first-order chi connectivity index (χ1) is 10.1. The van der Waals surface area contributed by atoms with Crippen LogP contribution < -0.4 is 0 Å². The van der Waals surface area contributed by atoms with E-state index in [1.807, 2.05) is 6.92 Å². The summed E-state index contributed by atoms with van der Waals surface area (Å²) in [6.45, 7) is 3.71. The zero-order valence-electron chi connectivity index (χ0n) is 12.5. The highest BCUT2D eigenvalue weighted by Crippen LogP contribution is 2.21. The van der Waals surface area contributed by atoms with Crippen molar-refractivity contribution in [2.24, 2.45) is 5.92 Å². The van der Waals surface area contributed by atoms with Crippen LogP contribution in [-0.4, -0.2) is 46.5 Å². The molecule has 1 fully saturated rings. The zero-order valence-corrected chi connectivity index (χ0v) is 12.5. The number of aromatic nitrogens is 1. The van der Waals surface area contributed by atoms with Crippen molar-refractivity contribution in [2.45, 2.75) is 38.6 Å². The van der Waals surface area contributed by atoms with E-state index < -0.39 is 5.82 Å². The molecule has 2 unspecified atom stereocenters. The van der Waals surface area contributed by atoms with Crippen LogP contribution in [0.5, 0.6) is 0 Å². The number of carbonyl (C=O) groups excluding carboxylic acids is 1. The molecule has 2 atom stereocenters. The van der Waals surface area contributed by atoms with Gasteiger partial charge in [-0.05, 0) is 37.9 Å². The van der Waals surface area contributed by atoms with Gasteiger partial charge in [0.2, 0.25) is 0 Å². The lowest BCUT2D eigenvalue weighted by atomic mass is 9.96. The van der Waals surface area contributed by atoms with E-state index >= 15 is 0 Å². The average molecular weight is 294 g/mol. The van der Waals surface area contributed by atoms with Crippen LogP contribution >= 0.6 is 0 Å². The Labute approximate surface area is 125 Å². The molecule has 0 saturated carbocycles. The van der Waals surface area contributed by atoms with Crippen LogP contribution in [0.1, 0.15) is 43.1 Å². The lowest BCUT2D eigenvalue weighted by molar-refractivity contribution is 0.0779. The van der Waals surface area contributed by atoms with Crippen molar-refractivity contribution >= 4 is 5.78 Å². The van der Waals surface area contributed by atoms with Crippen molar-refractivity contribution in [1.29, 1.82) is 0 Å². The van der Waals surface area contributed by atoms with Crippen molar-refractivity contribution in [3.63, 3.8) is 0 Å². The highest BCUT2D eigenvalue weighted by molar-refractivity contribution is 5.95. The number of aliphatic hydroxyl groups excluding tert-OH is 1. The SMILES string of the molecule is CC(CN1CCCCC1CCO)C(=O)c1ccc(F)cn1. The van der Waals surface area contributed by atoms with Crippen molar-refractivity contribution in [3.05, 3.63) is 29.8 Å². The van der Waals surface area contributed by atoms with Gasteiger partial charge < -0.3 is 5.11 Å². The predicted molar refractivity (Wildman–Crippen MR) is 78.6 cm³/mol. The zero-order chi connectivity index (χ0) is 15.2. The van der Waals surface area contributed by atoms with Gasteiger partial charge in [0.1, 0.15) is 11.5 Å². The molecule has 1 aromatic heterocycles. The van der Waals surface area contributed by atoms with Gasteiger partial charge in [-0.15, -0.1) is 0 Å². The summed E-state index contributed by atoms with van der Waals surface area (Å²) in [6.07, 6.45) is 5.24. The van der Waals surface area contributed by atoms with Crippen LogP contribution in [0.25, 0.3) is 0 Å². The second-order valence-electron chi connectivity index (χ2n) is 5.78. The second kappa shape index (κ2) is 7.61. The maximum Gasteiger partial charge on any atom is 0.185 e. The summed E-state index contributed by atoms with van der Waals surface area (Å²) in [5, 5.41) is 9.14. The van der Waals surface area contributed by atoms with Crippen LogP contribution in [0.15, 0.2) is 18.3 Å². The van der Waals surface area contributed by atoms with E-state index in [0.717, 1.165) is 32.0 Å². The van der Waals surface area contributed by atoms with Crippen molar-refractivity contribution < 1.29 is 14.3 Å². The molecular formula is C16H23FN2O2. The van der Waals surface area contributed by atoms with Gasteiger partial charge in [-0.1, -0.05) is 13.3 Å². The van der Waals surface area contributed by atoms with Gasteiger partial charge in [-0.25, -0.2) is 4.39 Å². The fraction of sp³-hybridized carbons (Fsp3) is 0.625. The minimum Gasteiger partial charge on any atom is -0.396 e. The highest BCUT2D eigenvalue weighted by atomic mass is 19.1. The Bertz CT molecular complexity index is 462. The van der Waals surface area contributed by atoms with E-state index in [1.54, 1.807) is 0 Å². The third-order valence-corrected chi connectivity index (χ3v) is 4.15.